The second-order valence-electron chi connectivity index (χ2n) is 6.85. The second-order valence-corrected chi connectivity index (χ2v) is 8.00. The van der Waals surface area contributed by atoms with Crippen molar-refractivity contribution in [2.24, 2.45) is 5.92 Å². The first-order valence-corrected chi connectivity index (χ1v) is 9.67. The molecule has 3 rings (SSSR count). The third kappa shape index (κ3) is 4.78. The second kappa shape index (κ2) is 7.23. The molecule has 21 heavy (non-hydrogen) atoms. The van der Waals surface area contributed by atoms with Crippen molar-refractivity contribution >= 4 is 17.8 Å². The molecule has 0 unspecified atom stereocenters. The van der Waals surface area contributed by atoms with E-state index >= 15 is 0 Å². The van der Waals surface area contributed by atoms with Gasteiger partial charge in [0.15, 0.2) is 0 Å². The molecule has 0 aromatic carbocycles. The summed E-state index contributed by atoms with van der Waals surface area (Å²) >= 11 is 1.96. The maximum absolute atomic E-state index is 12.0. The molecular formula is C16H28N2O2S. The first kappa shape index (κ1) is 15.5. The van der Waals surface area contributed by atoms with Crippen LogP contribution in [0.25, 0.3) is 0 Å². The number of thioether (sulfide) groups is 1. The summed E-state index contributed by atoms with van der Waals surface area (Å²) in [7, 11) is 0. The largest absolute Gasteiger partial charge is 0.375 e. The van der Waals surface area contributed by atoms with Crippen LogP contribution in [0, 0.1) is 5.92 Å². The van der Waals surface area contributed by atoms with E-state index < -0.39 is 0 Å². The van der Waals surface area contributed by atoms with Crippen molar-refractivity contribution < 1.29 is 9.53 Å². The number of nitrogens with one attached hydrogen (secondary N) is 2. The molecule has 3 aliphatic rings. The van der Waals surface area contributed by atoms with Crippen LogP contribution in [-0.4, -0.2) is 42.3 Å². The molecule has 1 heterocycles. The Bertz CT molecular complexity index is 354. The van der Waals surface area contributed by atoms with E-state index in [0.717, 1.165) is 37.7 Å². The monoisotopic (exact) mass is 312 g/mol. The molecule has 1 saturated heterocycles. The molecule has 0 aromatic rings. The van der Waals surface area contributed by atoms with E-state index in [9.17, 15) is 4.79 Å². The SMILES string of the molecule is O=C(NCCSCC1CC1)N[C@H]1CCOC2(CCCC2)C1. The first-order chi connectivity index (χ1) is 10.3. The molecule has 1 aliphatic heterocycles. The Balaban J connectivity index is 1.30. The Morgan fingerprint density at radius 3 is 2.81 bits per heavy atom. The predicted octanol–water partition coefficient (Wildman–Crippen LogP) is 2.92. The number of carbonyl (C=O) groups excluding carboxylic acids is 1. The van der Waals surface area contributed by atoms with E-state index in [1.54, 1.807) is 0 Å². The lowest BCUT2D eigenvalue weighted by Crippen LogP contribution is -2.50. The summed E-state index contributed by atoms with van der Waals surface area (Å²) in [6.45, 7) is 1.57. The van der Waals surface area contributed by atoms with Gasteiger partial charge in [0.2, 0.25) is 0 Å². The molecule has 1 atom stereocenters. The third-order valence-corrected chi connectivity index (χ3v) is 6.13. The number of rotatable bonds is 6. The molecule has 4 nitrogen and oxygen atoms in total. The van der Waals surface area contributed by atoms with Crippen LogP contribution in [0.5, 0.6) is 0 Å². The lowest BCUT2D eigenvalue weighted by atomic mass is 9.89. The van der Waals surface area contributed by atoms with Gasteiger partial charge in [0.1, 0.15) is 0 Å². The highest BCUT2D eigenvalue weighted by Crippen LogP contribution is 2.39. The van der Waals surface area contributed by atoms with Gasteiger partial charge in [0.25, 0.3) is 0 Å². The number of carbonyl (C=O) groups is 1. The number of ether oxygens (including phenoxy) is 1. The molecule has 120 valence electrons. The van der Waals surface area contributed by atoms with Crippen LogP contribution in [0.2, 0.25) is 0 Å². The van der Waals surface area contributed by atoms with Gasteiger partial charge in [-0.05, 0) is 50.2 Å². The van der Waals surface area contributed by atoms with Gasteiger partial charge >= 0.3 is 6.03 Å². The van der Waals surface area contributed by atoms with Crippen molar-refractivity contribution in [3.05, 3.63) is 0 Å². The summed E-state index contributed by atoms with van der Waals surface area (Å²) in [6, 6.07) is 0.290. The number of urea groups is 1. The average Bonchev–Trinajstić information content (AvgIpc) is 3.19. The highest BCUT2D eigenvalue weighted by atomic mass is 32.2. The summed E-state index contributed by atoms with van der Waals surface area (Å²) in [5.74, 6) is 3.27. The van der Waals surface area contributed by atoms with Gasteiger partial charge in [-0.2, -0.15) is 11.8 Å². The predicted molar refractivity (Wildman–Crippen MR) is 86.8 cm³/mol. The molecular weight excluding hydrogens is 284 g/mol. The van der Waals surface area contributed by atoms with Crippen molar-refractivity contribution in [2.75, 3.05) is 24.7 Å². The molecule has 3 fully saturated rings. The van der Waals surface area contributed by atoms with E-state index in [1.165, 1.54) is 44.3 Å². The fourth-order valence-electron chi connectivity index (χ4n) is 3.53. The normalized spacial score (nSPS) is 27.7. The van der Waals surface area contributed by atoms with Gasteiger partial charge < -0.3 is 15.4 Å². The van der Waals surface area contributed by atoms with Gasteiger partial charge in [-0.3, -0.25) is 0 Å². The molecule has 5 heteroatoms. The van der Waals surface area contributed by atoms with E-state index in [-0.39, 0.29) is 17.7 Å². The van der Waals surface area contributed by atoms with Gasteiger partial charge in [-0.15, -0.1) is 0 Å². The lowest BCUT2D eigenvalue weighted by molar-refractivity contribution is -0.0820. The van der Waals surface area contributed by atoms with Crippen LogP contribution in [0.1, 0.15) is 51.4 Å². The molecule has 2 N–H and O–H groups in total. The minimum atomic E-state index is 0.00192. The standard InChI is InChI=1S/C16H28N2O2S/c19-15(17-8-10-21-12-13-3-4-13)18-14-5-9-20-16(11-14)6-1-2-7-16/h13-14H,1-12H2,(H2,17,18,19)/t14-/m0/s1. The van der Waals surface area contributed by atoms with Crippen molar-refractivity contribution in [3.63, 3.8) is 0 Å². The lowest BCUT2D eigenvalue weighted by Gasteiger charge is -2.38. The topological polar surface area (TPSA) is 50.4 Å². The van der Waals surface area contributed by atoms with Crippen molar-refractivity contribution in [2.45, 2.75) is 63.0 Å². The molecule has 0 radical (unpaired) electrons. The zero-order valence-electron chi connectivity index (χ0n) is 12.9. The summed E-state index contributed by atoms with van der Waals surface area (Å²) in [6.07, 6.45) is 9.66. The molecule has 0 bridgehead atoms. The van der Waals surface area contributed by atoms with Crippen molar-refractivity contribution in [1.82, 2.24) is 10.6 Å². The van der Waals surface area contributed by atoms with Gasteiger partial charge in [0.05, 0.1) is 5.60 Å². The maximum atomic E-state index is 12.0. The average molecular weight is 312 g/mol. The molecule has 1 spiro atoms. The summed E-state index contributed by atoms with van der Waals surface area (Å²) in [5.41, 5.74) is 0.0797. The Labute approximate surface area is 132 Å². The Hall–Kier alpha value is -0.420. The molecule has 2 amide bonds. The van der Waals surface area contributed by atoms with Crippen LogP contribution < -0.4 is 10.6 Å². The van der Waals surface area contributed by atoms with Gasteiger partial charge in [-0.1, -0.05) is 12.8 Å². The number of hydrogen-bond donors (Lipinski definition) is 2. The highest BCUT2D eigenvalue weighted by molar-refractivity contribution is 7.99. The zero-order valence-corrected chi connectivity index (χ0v) is 13.7. The Kier molecular flexibility index (Phi) is 5.33. The van der Waals surface area contributed by atoms with Crippen LogP contribution in [0.3, 0.4) is 0 Å². The van der Waals surface area contributed by atoms with Crippen LogP contribution >= 0.6 is 11.8 Å². The smallest absolute Gasteiger partial charge is 0.315 e. The van der Waals surface area contributed by atoms with Gasteiger partial charge in [0, 0.05) is 24.9 Å². The maximum Gasteiger partial charge on any atom is 0.315 e. The summed E-state index contributed by atoms with van der Waals surface area (Å²) in [4.78, 5) is 12.0. The Morgan fingerprint density at radius 2 is 2.05 bits per heavy atom. The van der Waals surface area contributed by atoms with Crippen LogP contribution in [-0.2, 0) is 4.74 Å². The molecule has 2 saturated carbocycles. The zero-order chi connectivity index (χ0) is 14.5. The fraction of sp³-hybridized carbons (Fsp3) is 0.938. The van der Waals surface area contributed by atoms with E-state index in [1.807, 2.05) is 11.8 Å². The van der Waals surface area contributed by atoms with Crippen molar-refractivity contribution in [1.29, 1.82) is 0 Å². The molecule has 2 aliphatic carbocycles. The number of hydrogen-bond acceptors (Lipinski definition) is 3. The fourth-order valence-corrected chi connectivity index (χ4v) is 4.61. The van der Waals surface area contributed by atoms with E-state index in [0.29, 0.717) is 0 Å². The number of amides is 2. The Morgan fingerprint density at radius 1 is 1.24 bits per heavy atom. The van der Waals surface area contributed by atoms with Crippen LogP contribution in [0.4, 0.5) is 4.79 Å². The van der Waals surface area contributed by atoms with E-state index in [2.05, 4.69) is 10.6 Å². The highest BCUT2D eigenvalue weighted by Gasteiger charge is 2.40. The molecule has 0 aromatic heterocycles. The first-order valence-electron chi connectivity index (χ1n) is 8.52. The summed E-state index contributed by atoms with van der Waals surface area (Å²) < 4.78 is 6.00. The van der Waals surface area contributed by atoms with Crippen LogP contribution in [0.15, 0.2) is 0 Å². The quantitative estimate of drug-likeness (QED) is 0.742. The van der Waals surface area contributed by atoms with E-state index in [4.69, 9.17) is 4.74 Å². The third-order valence-electron chi connectivity index (χ3n) is 4.93. The minimum Gasteiger partial charge on any atom is -0.375 e. The van der Waals surface area contributed by atoms with Crippen molar-refractivity contribution in [3.8, 4) is 0 Å². The minimum absolute atomic E-state index is 0.00192. The van der Waals surface area contributed by atoms with Gasteiger partial charge in [-0.25, -0.2) is 4.79 Å². The summed E-state index contributed by atoms with van der Waals surface area (Å²) in [5, 5.41) is 6.13.